The molecular weight excluding hydrogens is 318 g/mol. The molecule has 25 heavy (non-hydrogen) atoms. The number of para-hydroxylation sites is 1. The van der Waals surface area contributed by atoms with Crippen LogP contribution in [-0.4, -0.2) is 43.1 Å². The fourth-order valence-corrected chi connectivity index (χ4v) is 3.31. The van der Waals surface area contributed by atoms with Crippen molar-refractivity contribution in [3.05, 3.63) is 30.3 Å². The molecular formula is C20H29NO4. The van der Waals surface area contributed by atoms with E-state index < -0.39 is 0 Å². The molecule has 1 saturated carbocycles. The normalized spacial score (nSPS) is 15.6. The second-order valence-electron chi connectivity index (χ2n) is 6.67. The van der Waals surface area contributed by atoms with Crippen LogP contribution in [0.2, 0.25) is 0 Å². The molecule has 0 aliphatic heterocycles. The van der Waals surface area contributed by atoms with E-state index in [9.17, 15) is 9.59 Å². The molecule has 1 fully saturated rings. The summed E-state index contributed by atoms with van der Waals surface area (Å²) in [7, 11) is 1.39. The third-order valence-corrected chi connectivity index (χ3v) is 4.71. The Kier molecular flexibility index (Phi) is 7.76. The van der Waals surface area contributed by atoms with Crippen molar-refractivity contribution < 1.29 is 19.1 Å². The average molecular weight is 347 g/mol. The SMILES string of the molecule is COC(=O)C(C)CN(C(=O)CCCOc1ccccc1)C1CCCC1. The minimum Gasteiger partial charge on any atom is -0.494 e. The van der Waals surface area contributed by atoms with Crippen LogP contribution in [0.5, 0.6) is 5.75 Å². The van der Waals surface area contributed by atoms with Crippen LogP contribution in [0, 0.1) is 5.92 Å². The van der Waals surface area contributed by atoms with Gasteiger partial charge in [-0.15, -0.1) is 0 Å². The number of nitrogens with zero attached hydrogens (tertiary/aromatic N) is 1. The van der Waals surface area contributed by atoms with E-state index in [4.69, 9.17) is 9.47 Å². The summed E-state index contributed by atoms with van der Waals surface area (Å²) in [5.41, 5.74) is 0. The zero-order valence-corrected chi connectivity index (χ0v) is 15.3. The molecule has 138 valence electrons. The number of methoxy groups -OCH3 is 1. The number of rotatable bonds is 9. The molecule has 2 rings (SSSR count). The molecule has 5 nitrogen and oxygen atoms in total. The highest BCUT2D eigenvalue weighted by molar-refractivity contribution is 5.78. The Labute approximate surface area is 150 Å². The summed E-state index contributed by atoms with van der Waals surface area (Å²) in [5.74, 6) is 0.375. The number of hydrogen-bond acceptors (Lipinski definition) is 4. The minimum absolute atomic E-state index is 0.110. The minimum atomic E-state index is -0.296. The number of amides is 1. The Bertz CT molecular complexity index is 540. The average Bonchev–Trinajstić information content (AvgIpc) is 3.17. The number of benzene rings is 1. The lowest BCUT2D eigenvalue weighted by Gasteiger charge is -2.31. The molecule has 0 heterocycles. The van der Waals surface area contributed by atoms with Crippen molar-refractivity contribution in [2.45, 2.75) is 51.5 Å². The summed E-state index contributed by atoms with van der Waals surface area (Å²) >= 11 is 0. The molecule has 0 radical (unpaired) electrons. The first-order valence-electron chi connectivity index (χ1n) is 9.17. The van der Waals surface area contributed by atoms with Crippen molar-refractivity contribution in [1.29, 1.82) is 0 Å². The lowest BCUT2D eigenvalue weighted by molar-refractivity contribution is -0.147. The topological polar surface area (TPSA) is 55.8 Å². The van der Waals surface area contributed by atoms with Crippen LogP contribution < -0.4 is 4.74 Å². The van der Waals surface area contributed by atoms with Gasteiger partial charge < -0.3 is 14.4 Å². The first-order valence-corrected chi connectivity index (χ1v) is 9.17. The van der Waals surface area contributed by atoms with Gasteiger partial charge in [0.15, 0.2) is 0 Å². The van der Waals surface area contributed by atoms with Gasteiger partial charge in [0.1, 0.15) is 5.75 Å². The smallest absolute Gasteiger partial charge is 0.310 e. The molecule has 1 aliphatic rings. The van der Waals surface area contributed by atoms with Crippen molar-refractivity contribution in [2.75, 3.05) is 20.3 Å². The van der Waals surface area contributed by atoms with Gasteiger partial charge in [-0.05, 0) is 31.4 Å². The number of hydrogen-bond donors (Lipinski definition) is 0. The van der Waals surface area contributed by atoms with Crippen LogP contribution in [0.4, 0.5) is 0 Å². The van der Waals surface area contributed by atoms with Gasteiger partial charge in [0.25, 0.3) is 0 Å². The lowest BCUT2D eigenvalue weighted by atomic mass is 10.1. The predicted molar refractivity (Wildman–Crippen MR) is 96.3 cm³/mol. The van der Waals surface area contributed by atoms with Crippen LogP contribution in [-0.2, 0) is 14.3 Å². The summed E-state index contributed by atoms with van der Waals surface area (Å²) in [4.78, 5) is 26.3. The Hall–Kier alpha value is -2.04. The molecule has 0 spiro atoms. The van der Waals surface area contributed by atoms with Gasteiger partial charge in [-0.25, -0.2) is 0 Å². The second kappa shape index (κ2) is 10.1. The van der Waals surface area contributed by atoms with E-state index in [0.29, 0.717) is 26.0 Å². The summed E-state index contributed by atoms with van der Waals surface area (Å²) in [6.45, 7) is 2.77. The van der Waals surface area contributed by atoms with Gasteiger partial charge in [-0.1, -0.05) is 38.0 Å². The van der Waals surface area contributed by atoms with E-state index in [1.807, 2.05) is 42.2 Å². The number of carbonyl (C=O) groups excluding carboxylic acids is 2. The van der Waals surface area contributed by atoms with Gasteiger partial charge in [0, 0.05) is 19.0 Å². The third-order valence-electron chi connectivity index (χ3n) is 4.71. The molecule has 1 aliphatic carbocycles. The fourth-order valence-electron chi connectivity index (χ4n) is 3.31. The molecule has 1 unspecified atom stereocenters. The first kappa shape index (κ1) is 19.3. The number of esters is 1. The van der Waals surface area contributed by atoms with E-state index in [0.717, 1.165) is 31.4 Å². The zero-order chi connectivity index (χ0) is 18.1. The van der Waals surface area contributed by atoms with Crippen LogP contribution in [0.25, 0.3) is 0 Å². The molecule has 0 saturated heterocycles. The Morgan fingerprint density at radius 1 is 1.20 bits per heavy atom. The van der Waals surface area contributed by atoms with Crippen LogP contribution in [0.1, 0.15) is 45.4 Å². The van der Waals surface area contributed by atoms with Gasteiger partial charge in [-0.2, -0.15) is 0 Å². The van der Waals surface area contributed by atoms with Crippen molar-refractivity contribution in [1.82, 2.24) is 4.90 Å². The molecule has 1 aromatic rings. The van der Waals surface area contributed by atoms with Gasteiger partial charge >= 0.3 is 5.97 Å². The van der Waals surface area contributed by atoms with Crippen LogP contribution >= 0.6 is 0 Å². The molecule has 1 amide bonds. The molecule has 5 heteroatoms. The summed E-state index contributed by atoms with van der Waals surface area (Å²) in [6, 6.07) is 9.87. The van der Waals surface area contributed by atoms with E-state index in [2.05, 4.69) is 0 Å². The highest BCUT2D eigenvalue weighted by Crippen LogP contribution is 2.25. The number of ether oxygens (including phenoxy) is 2. The third kappa shape index (κ3) is 6.07. The second-order valence-corrected chi connectivity index (χ2v) is 6.67. The maximum atomic E-state index is 12.7. The maximum Gasteiger partial charge on any atom is 0.310 e. The van der Waals surface area contributed by atoms with E-state index in [1.54, 1.807) is 0 Å². The molecule has 0 aromatic heterocycles. The van der Waals surface area contributed by atoms with Crippen molar-refractivity contribution in [2.24, 2.45) is 5.92 Å². The van der Waals surface area contributed by atoms with Crippen LogP contribution in [0.3, 0.4) is 0 Å². The van der Waals surface area contributed by atoms with Gasteiger partial charge in [0.2, 0.25) is 5.91 Å². The first-order chi connectivity index (χ1) is 12.1. The van der Waals surface area contributed by atoms with E-state index in [-0.39, 0.29) is 23.8 Å². The van der Waals surface area contributed by atoms with E-state index >= 15 is 0 Å². The monoisotopic (exact) mass is 347 g/mol. The van der Waals surface area contributed by atoms with Crippen molar-refractivity contribution >= 4 is 11.9 Å². The summed E-state index contributed by atoms with van der Waals surface area (Å²) < 4.78 is 10.5. The van der Waals surface area contributed by atoms with Crippen molar-refractivity contribution in [3.8, 4) is 5.75 Å². The highest BCUT2D eigenvalue weighted by Gasteiger charge is 2.29. The quantitative estimate of drug-likeness (QED) is 0.507. The largest absolute Gasteiger partial charge is 0.494 e. The zero-order valence-electron chi connectivity index (χ0n) is 15.3. The van der Waals surface area contributed by atoms with Crippen molar-refractivity contribution in [3.63, 3.8) is 0 Å². The highest BCUT2D eigenvalue weighted by atomic mass is 16.5. The fraction of sp³-hybridized carbons (Fsp3) is 0.600. The van der Waals surface area contributed by atoms with Gasteiger partial charge in [-0.3, -0.25) is 9.59 Å². The predicted octanol–water partition coefficient (Wildman–Crippen LogP) is 3.43. The Balaban J connectivity index is 1.83. The molecule has 0 bridgehead atoms. The maximum absolute atomic E-state index is 12.7. The Morgan fingerprint density at radius 2 is 1.88 bits per heavy atom. The summed E-state index contributed by atoms with van der Waals surface area (Å²) in [5, 5.41) is 0. The molecule has 1 atom stereocenters. The standard InChI is InChI=1S/C20H29NO4/c1-16(20(23)24-2)15-21(17-9-6-7-10-17)19(22)13-8-14-25-18-11-4-3-5-12-18/h3-5,11-12,16-17H,6-10,13-15H2,1-2H3. The van der Waals surface area contributed by atoms with Crippen LogP contribution in [0.15, 0.2) is 30.3 Å². The van der Waals surface area contributed by atoms with Gasteiger partial charge in [0.05, 0.1) is 19.6 Å². The lowest BCUT2D eigenvalue weighted by Crippen LogP contribution is -2.43. The molecule has 0 N–H and O–H groups in total. The number of carbonyl (C=O) groups is 2. The Morgan fingerprint density at radius 3 is 2.52 bits per heavy atom. The van der Waals surface area contributed by atoms with E-state index in [1.165, 1.54) is 7.11 Å². The molecule has 1 aromatic carbocycles. The summed E-state index contributed by atoms with van der Waals surface area (Å²) in [6.07, 6.45) is 5.47.